The highest BCUT2D eigenvalue weighted by molar-refractivity contribution is 5.97. The van der Waals surface area contributed by atoms with Gasteiger partial charge in [0.2, 0.25) is 0 Å². The third kappa shape index (κ3) is 3.51. The van der Waals surface area contributed by atoms with Crippen molar-refractivity contribution in [2.45, 2.75) is 32.8 Å². The summed E-state index contributed by atoms with van der Waals surface area (Å²) in [5.41, 5.74) is 4.36. The van der Waals surface area contributed by atoms with Crippen LogP contribution in [0.1, 0.15) is 30.5 Å². The van der Waals surface area contributed by atoms with Gasteiger partial charge in [-0.15, -0.1) is 0 Å². The predicted molar refractivity (Wildman–Crippen MR) is 95.6 cm³/mol. The van der Waals surface area contributed by atoms with Crippen LogP contribution in [0.3, 0.4) is 0 Å². The summed E-state index contributed by atoms with van der Waals surface area (Å²) in [4.78, 5) is 11.4. The molecule has 0 amide bonds. The van der Waals surface area contributed by atoms with Crippen LogP contribution < -0.4 is 9.47 Å². The van der Waals surface area contributed by atoms with E-state index < -0.39 is 0 Å². The largest absolute Gasteiger partial charge is 0.493 e. The summed E-state index contributed by atoms with van der Waals surface area (Å²) in [7, 11) is 1.64. The smallest absolute Gasteiger partial charge is 0.162 e. The number of carbonyl (C=O) groups is 1. The lowest BCUT2D eigenvalue weighted by Crippen LogP contribution is -2.16. The first-order chi connectivity index (χ1) is 11.6. The molecule has 0 atom stereocenters. The van der Waals surface area contributed by atoms with Crippen molar-refractivity contribution in [3.63, 3.8) is 0 Å². The van der Waals surface area contributed by atoms with Crippen molar-refractivity contribution >= 4 is 11.9 Å². The highest BCUT2D eigenvalue weighted by atomic mass is 16.5. The van der Waals surface area contributed by atoms with Gasteiger partial charge in [-0.3, -0.25) is 4.79 Å². The van der Waals surface area contributed by atoms with Gasteiger partial charge in [0.25, 0.3) is 0 Å². The number of ketones is 1. The van der Waals surface area contributed by atoms with Gasteiger partial charge in [-0.25, -0.2) is 0 Å². The van der Waals surface area contributed by atoms with Gasteiger partial charge in [-0.05, 0) is 54.3 Å². The second kappa shape index (κ2) is 6.91. The van der Waals surface area contributed by atoms with Crippen molar-refractivity contribution in [3.05, 3.63) is 64.7 Å². The average molecular weight is 322 g/mol. The van der Waals surface area contributed by atoms with E-state index in [1.807, 2.05) is 31.2 Å². The Labute approximate surface area is 142 Å². The molecular weight excluding hydrogens is 300 g/mol. The summed E-state index contributed by atoms with van der Waals surface area (Å²) in [6.45, 7) is 3.39. The van der Waals surface area contributed by atoms with Gasteiger partial charge in [0.05, 0.1) is 7.11 Å². The van der Waals surface area contributed by atoms with E-state index in [1.165, 1.54) is 11.1 Å². The van der Waals surface area contributed by atoms with Gasteiger partial charge in [-0.2, -0.15) is 0 Å². The maximum Gasteiger partial charge on any atom is 0.162 e. The molecule has 3 rings (SSSR count). The minimum Gasteiger partial charge on any atom is -0.493 e. The minimum atomic E-state index is 0.0690. The van der Waals surface area contributed by atoms with Crippen molar-refractivity contribution in [1.29, 1.82) is 0 Å². The van der Waals surface area contributed by atoms with E-state index in [2.05, 4.69) is 24.3 Å². The summed E-state index contributed by atoms with van der Waals surface area (Å²) in [5.74, 6) is 1.50. The SMILES string of the molecule is COc1ccc(C=C(C)C(C)=O)cc1OC1Cc2ccccc2C1. The molecule has 0 radical (unpaired) electrons. The maximum absolute atomic E-state index is 11.4. The van der Waals surface area contributed by atoms with Crippen LogP contribution in [-0.2, 0) is 17.6 Å². The minimum absolute atomic E-state index is 0.0690. The second-order valence-electron chi connectivity index (χ2n) is 6.21. The highest BCUT2D eigenvalue weighted by Gasteiger charge is 2.23. The van der Waals surface area contributed by atoms with Gasteiger partial charge >= 0.3 is 0 Å². The molecule has 0 bridgehead atoms. The molecule has 2 aromatic rings. The number of ether oxygens (including phenoxy) is 2. The monoisotopic (exact) mass is 322 g/mol. The Hall–Kier alpha value is -2.55. The van der Waals surface area contributed by atoms with E-state index in [1.54, 1.807) is 14.0 Å². The zero-order valence-electron chi connectivity index (χ0n) is 14.3. The van der Waals surface area contributed by atoms with Crippen LogP contribution >= 0.6 is 0 Å². The molecule has 0 unspecified atom stereocenters. The normalized spacial score (nSPS) is 14.4. The number of hydrogen-bond acceptors (Lipinski definition) is 3. The van der Waals surface area contributed by atoms with E-state index >= 15 is 0 Å². The molecule has 0 aliphatic heterocycles. The van der Waals surface area contributed by atoms with Crippen LogP contribution in [0, 0.1) is 0 Å². The average Bonchev–Trinajstić information content (AvgIpc) is 2.97. The number of fused-ring (bicyclic) bond motifs is 1. The van der Waals surface area contributed by atoms with Crippen molar-refractivity contribution in [2.24, 2.45) is 0 Å². The summed E-state index contributed by atoms with van der Waals surface area (Å²) in [6.07, 6.45) is 3.81. The fourth-order valence-corrected chi connectivity index (χ4v) is 3.01. The molecule has 0 fully saturated rings. The molecule has 3 heteroatoms. The Balaban J connectivity index is 1.82. The molecule has 24 heavy (non-hydrogen) atoms. The van der Waals surface area contributed by atoms with Crippen molar-refractivity contribution < 1.29 is 14.3 Å². The molecule has 0 heterocycles. The van der Waals surface area contributed by atoms with Crippen molar-refractivity contribution in [2.75, 3.05) is 7.11 Å². The maximum atomic E-state index is 11.4. The number of benzene rings is 2. The molecular formula is C21H22O3. The Bertz CT molecular complexity index is 764. The predicted octanol–water partition coefficient (Wildman–Crippen LogP) is 4.23. The van der Waals surface area contributed by atoms with E-state index in [0.717, 1.165) is 29.7 Å². The van der Waals surface area contributed by atoms with Crippen LogP contribution in [-0.4, -0.2) is 19.0 Å². The number of carbonyl (C=O) groups excluding carboxylic acids is 1. The number of allylic oxidation sites excluding steroid dienone is 1. The van der Waals surface area contributed by atoms with E-state index in [0.29, 0.717) is 5.75 Å². The van der Waals surface area contributed by atoms with Crippen LogP contribution in [0.25, 0.3) is 6.08 Å². The number of Topliss-reactive ketones (excluding diaryl/α,β-unsaturated/α-hetero) is 1. The quantitative estimate of drug-likeness (QED) is 0.773. The van der Waals surface area contributed by atoms with Crippen LogP contribution in [0.15, 0.2) is 48.0 Å². The second-order valence-corrected chi connectivity index (χ2v) is 6.21. The molecule has 0 saturated heterocycles. The molecule has 2 aromatic carbocycles. The summed E-state index contributed by atoms with van der Waals surface area (Å²) in [6, 6.07) is 14.2. The Morgan fingerprint density at radius 3 is 2.29 bits per heavy atom. The lowest BCUT2D eigenvalue weighted by Gasteiger charge is -2.16. The fourth-order valence-electron chi connectivity index (χ4n) is 3.01. The van der Waals surface area contributed by atoms with Crippen LogP contribution in [0.5, 0.6) is 11.5 Å². The molecule has 3 nitrogen and oxygen atoms in total. The first kappa shape index (κ1) is 16.3. The Kier molecular flexibility index (Phi) is 4.70. The molecule has 1 aliphatic rings. The van der Waals surface area contributed by atoms with Gasteiger partial charge in [-0.1, -0.05) is 30.3 Å². The molecule has 0 spiro atoms. The summed E-state index contributed by atoms with van der Waals surface area (Å²) >= 11 is 0. The third-order valence-corrected chi connectivity index (χ3v) is 4.43. The molecule has 0 saturated carbocycles. The Morgan fingerprint density at radius 1 is 1.04 bits per heavy atom. The molecule has 124 valence electrons. The number of methoxy groups -OCH3 is 1. The summed E-state index contributed by atoms with van der Waals surface area (Å²) < 4.78 is 11.7. The van der Waals surface area contributed by atoms with Crippen molar-refractivity contribution in [3.8, 4) is 11.5 Å². The first-order valence-corrected chi connectivity index (χ1v) is 8.17. The lowest BCUT2D eigenvalue weighted by atomic mass is 10.1. The van der Waals surface area contributed by atoms with Crippen LogP contribution in [0.2, 0.25) is 0 Å². The zero-order chi connectivity index (χ0) is 17.1. The molecule has 0 aromatic heterocycles. The van der Waals surface area contributed by atoms with Crippen molar-refractivity contribution in [1.82, 2.24) is 0 Å². The van der Waals surface area contributed by atoms with Crippen LogP contribution in [0.4, 0.5) is 0 Å². The van der Waals surface area contributed by atoms with Gasteiger partial charge < -0.3 is 9.47 Å². The van der Waals surface area contributed by atoms with Gasteiger partial charge in [0.1, 0.15) is 6.10 Å². The van der Waals surface area contributed by atoms with Gasteiger partial charge in [0.15, 0.2) is 17.3 Å². The zero-order valence-corrected chi connectivity index (χ0v) is 14.3. The topological polar surface area (TPSA) is 35.5 Å². The number of hydrogen-bond donors (Lipinski definition) is 0. The van der Waals surface area contributed by atoms with E-state index in [4.69, 9.17) is 9.47 Å². The first-order valence-electron chi connectivity index (χ1n) is 8.17. The molecule has 1 aliphatic carbocycles. The fraction of sp³-hybridized carbons (Fsp3) is 0.286. The van der Waals surface area contributed by atoms with E-state index in [9.17, 15) is 4.79 Å². The lowest BCUT2D eigenvalue weighted by molar-refractivity contribution is -0.113. The number of rotatable bonds is 5. The van der Waals surface area contributed by atoms with E-state index in [-0.39, 0.29) is 11.9 Å². The standard InChI is InChI=1S/C21H22O3/c1-14(15(2)22)10-16-8-9-20(23-3)21(11-16)24-19-12-17-6-4-5-7-18(17)13-19/h4-11,19H,12-13H2,1-3H3. The molecule has 0 N–H and O–H groups in total. The Morgan fingerprint density at radius 2 is 1.71 bits per heavy atom. The van der Waals surface area contributed by atoms with Gasteiger partial charge in [0, 0.05) is 12.8 Å². The third-order valence-electron chi connectivity index (χ3n) is 4.43. The summed E-state index contributed by atoms with van der Waals surface area (Å²) in [5, 5.41) is 0. The highest BCUT2D eigenvalue weighted by Crippen LogP contribution is 2.33.